The topological polar surface area (TPSA) is 110 Å². The summed E-state index contributed by atoms with van der Waals surface area (Å²) in [6, 6.07) is 8.41. The lowest BCUT2D eigenvalue weighted by molar-refractivity contribution is 0.0559. The molecule has 4 heterocycles. The molecule has 0 saturated carbocycles. The average Bonchev–Trinajstić information content (AvgIpc) is 3.47. The predicted octanol–water partition coefficient (Wildman–Crippen LogP) is 5.45. The first-order valence-corrected chi connectivity index (χ1v) is 15.0. The number of nitrogens with one attached hydrogen (secondary N) is 2. The van der Waals surface area contributed by atoms with Gasteiger partial charge in [-0.25, -0.2) is 14.6 Å². The number of alkyl halides is 2. The zero-order chi connectivity index (χ0) is 30.1. The van der Waals surface area contributed by atoms with Gasteiger partial charge < -0.3 is 10.2 Å². The molecule has 42 heavy (non-hydrogen) atoms. The third-order valence-corrected chi connectivity index (χ3v) is 8.07. The fourth-order valence-corrected chi connectivity index (χ4v) is 5.81. The van der Waals surface area contributed by atoms with E-state index < -0.39 is 6.55 Å². The first-order valence-electron chi connectivity index (χ1n) is 13.4. The Morgan fingerprint density at radius 3 is 2.57 bits per heavy atom. The number of nitrogens with zero attached hydrogens (tertiary/aromatic N) is 6. The van der Waals surface area contributed by atoms with Crippen molar-refractivity contribution in [3.63, 3.8) is 0 Å². The van der Waals surface area contributed by atoms with Crippen molar-refractivity contribution in [1.29, 1.82) is 0 Å². The van der Waals surface area contributed by atoms with Gasteiger partial charge in [-0.1, -0.05) is 29.6 Å². The number of hydrogen-bond acceptors (Lipinski definition) is 8. The van der Waals surface area contributed by atoms with Crippen LogP contribution in [0, 0.1) is 6.92 Å². The monoisotopic (exact) mass is 616 g/mol. The Balaban J connectivity index is 1.46. The van der Waals surface area contributed by atoms with Crippen LogP contribution in [0.5, 0.6) is 0 Å². The van der Waals surface area contributed by atoms with Crippen molar-refractivity contribution in [2.24, 2.45) is 7.05 Å². The molecule has 1 saturated heterocycles. The number of carbonyl (C=O) groups excluding carboxylic acids is 1. The second-order valence-corrected chi connectivity index (χ2v) is 11.3. The normalized spacial score (nSPS) is 14.9. The van der Waals surface area contributed by atoms with Gasteiger partial charge in [-0.3, -0.25) is 18.9 Å². The van der Waals surface area contributed by atoms with Crippen LogP contribution in [0.3, 0.4) is 0 Å². The summed E-state index contributed by atoms with van der Waals surface area (Å²) in [4.78, 5) is 37.5. The molecule has 3 aromatic heterocycles. The van der Waals surface area contributed by atoms with Gasteiger partial charge in [-0.05, 0) is 56.5 Å². The van der Waals surface area contributed by atoms with Crippen molar-refractivity contribution >= 4 is 52.0 Å². The van der Waals surface area contributed by atoms with E-state index >= 15 is 0 Å². The van der Waals surface area contributed by atoms with Crippen molar-refractivity contribution in [3.8, 4) is 0 Å². The average molecular weight is 617 g/mol. The van der Waals surface area contributed by atoms with Crippen molar-refractivity contribution in [3.05, 3.63) is 74.6 Å². The fourth-order valence-electron chi connectivity index (χ4n) is 5.39. The summed E-state index contributed by atoms with van der Waals surface area (Å²) in [5, 5.41) is 8.09. The van der Waals surface area contributed by atoms with E-state index in [1.807, 2.05) is 26.0 Å². The quantitative estimate of drug-likeness (QED) is 0.199. The molecule has 222 valence electrons. The zero-order valence-corrected chi connectivity index (χ0v) is 25.1. The smallest absolute Gasteiger partial charge is 0.333 e. The van der Waals surface area contributed by atoms with Crippen molar-refractivity contribution in [1.82, 2.24) is 29.0 Å². The minimum absolute atomic E-state index is 0.0478. The number of hydrogen-bond donors (Lipinski definition) is 2. The molecule has 1 amide bonds. The second kappa shape index (κ2) is 12.3. The Morgan fingerprint density at radius 1 is 1.17 bits per heavy atom. The van der Waals surface area contributed by atoms with Crippen LogP contribution in [0.2, 0.25) is 5.15 Å². The second-order valence-electron chi connectivity index (χ2n) is 10.3. The van der Waals surface area contributed by atoms with Gasteiger partial charge >= 0.3 is 6.55 Å². The van der Waals surface area contributed by atoms with Gasteiger partial charge in [0.15, 0.2) is 5.69 Å². The molecule has 10 nitrogen and oxygen atoms in total. The van der Waals surface area contributed by atoms with Crippen molar-refractivity contribution < 1.29 is 13.6 Å². The van der Waals surface area contributed by atoms with Gasteiger partial charge in [0.1, 0.15) is 5.15 Å². The summed E-state index contributed by atoms with van der Waals surface area (Å²) in [5.74, 6) is 0.202. The minimum Gasteiger partial charge on any atom is -0.377 e. The molecule has 1 aliphatic rings. The summed E-state index contributed by atoms with van der Waals surface area (Å²) in [7, 11) is 1.71. The molecule has 2 N–H and O–H groups in total. The van der Waals surface area contributed by atoms with Gasteiger partial charge in [0, 0.05) is 44.1 Å². The highest BCUT2D eigenvalue weighted by Gasteiger charge is 2.27. The highest BCUT2D eigenvalue weighted by Crippen LogP contribution is 2.32. The summed E-state index contributed by atoms with van der Waals surface area (Å²) in [5.41, 5.74) is 3.39. The minimum atomic E-state index is -2.67. The maximum Gasteiger partial charge on any atom is 0.333 e. The summed E-state index contributed by atoms with van der Waals surface area (Å²) in [6.45, 7) is 2.38. The standard InChI is InChI=1S/C28H31ClF2N8O2S/c1-15-13-18(16(2)32-21-5-6-22(29)33-24(21)25(40)36-42-4)23-19(14-15)26(41)37(3)28(34-23)38-10-7-17(8-11-38)20-9-12-39(35-20)27(30)31/h5-6,9,12-14,16-17,27,32H,7-8,10-11H2,1-4H3,(H,36,40). The molecule has 0 spiro atoms. The number of benzene rings is 1. The van der Waals surface area contributed by atoms with Gasteiger partial charge in [-0.15, -0.1) is 0 Å². The summed E-state index contributed by atoms with van der Waals surface area (Å²) in [6.07, 6.45) is 4.43. The molecule has 1 aliphatic heterocycles. The number of aromatic nitrogens is 5. The first-order chi connectivity index (χ1) is 20.1. The molecule has 4 aromatic rings. The van der Waals surface area contributed by atoms with E-state index in [-0.39, 0.29) is 34.3 Å². The summed E-state index contributed by atoms with van der Waals surface area (Å²) >= 11 is 7.24. The number of halogens is 3. The molecule has 1 aromatic carbocycles. The molecular formula is C28H31ClF2N8O2S. The molecule has 5 rings (SSSR count). The highest BCUT2D eigenvalue weighted by atomic mass is 35.5. The van der Waals surface area contributed by atoms with Gasteiger partial charge in [0.05, 0.1) is 28.3 Å². The number of amides is 1. The lowest BCUT2D eigenvalue weighted by Gasteiger charge is -2.33. The van der Waals surface area contributed by atoms with E-state index in [9.17, 15) is 18.4 Å². The largest absolute Gasteiger partial charge is 0.377 e. The van der Waals surface area contributed by atoms with E-state index in [0.29, 0.717) is 58.8 Å². The van der Waals surface area contributed by atoms with Crippen LogP contribution in [0.1, 0.15) is 65.6 Å². The number of pyridine rings is 1. The van der Waals surface area contributed by atoms with Crippen molar-refractivity contribution in [2.75, 3.05) is 29.6 Å². The van der Waals surface area contributed by atoms with Crippen LogP contribution in [0.4, 0.5) is 20.4 Å². The van der Waals surface area contributed by atoms with E-state index in [0.717, 1.165) is 23.1 Å². The number of anilines is 2. The number of fused-ring (bicyclic) bond motifs is 1. The van der Waals surface area contributed by atoms with Gasteiger partial charge in [-0.2, -0.15) is 13.9 Å². The Labute approximate surface area is 250 Å². The summed E-state index contributed by atoms with van der Waals surface area (Å²) < 4.78 is 30.9. The van der Waals surface area contributed by atoms with Crippen LogP contribution in [0.25, 0.3) is 10.9 Å². The Kier molecular flexibility index (Phi) is 8.69. The zero-order valence-electron chi connectivity index (χ0n) is 23.6. The SMILES string of the molecule is CSNC(=O)c1nc(Cl)ccc1NC(C)c1cc(C)cc2c(=O)n(C)c(N3CCC(c4ccn(C(F)F)n4)CC3)nc12. The number of aryl methyl sites for hydroxylation is 1. The Morgan fingerprint density at radius 2 is 1.90 bits per heavy atom. The van der Waals surface area contributed by atoms with Crippen LogP contribution >= 0.6 is 23.5 Å². The van der Waals surface area contributed by atoms with Crippen LogP contribution in [-0.4, -0.2) is 49.6 Å². The number of rotatable bonds is 8. The molecule has 14 heteroatoms. The van der Waals surface area contributed by atoms with Crippen LogP contribution in [0.15, 0.2) is 41.3 Å². The van der Waals surface area contributed by atoms with Crippen LogP contribution in [-0.2, 0) is 7.05 Å². The maximum absolute atomic E-state index is 13.6. The van der Waals surface area contributed by atoms with Crippen molar-refractivity contribution in [2.45, 2.75) is 45.2 Å². The molecule has 0 aliphatic carbocycles. The molecule has 1 unspecified atom stereocenters. The fraction of sp³-hybridized carbons (Fsp3) is 0.393. The molecule has 0 radical (unpaired) electrons. The number of carbonyl (C=O) groups is 1. The van der Waals surface area contributed by atoms with Gasteiger partial charge in [0.2, 0.25) is 5.95 Å². The predicted molar refractivity (Wildman–Crippen MR) is 162 cm³/mol. The molecule has 0 bridgehead atoms. The third kappa shape index (κ3) is 5.93. The number of piperidine rings is 1. The third-order valence-electron chi connectivity index (χ3n) is 7.47. The van der Waals surface area contributed by atoms with E-state index in [4.69, 9.17) is 16.6 Å². The van der Waals surface area contributed by atoms with Gasteiger partial charge in [0.25, 0.3) is 11.5 Å². The molecule has 1 fully saturated rings. The first kappa shape index (κ1) is 29.8. The van der Waals surface area contributed by atoms with E-state index in [1.165, 1.54) is 6.20 Å². The highest BCUT2D eigenvalue weighted by molar-refractivity contribution is 7.97. The van der Waals surface area contributed by atoms with E-state index in [2.05, 4.69) is 25.0 Å². The molecule has 1 atom stereocenters. The Bertz CT molecular complexity index is 1690. The lowest BCUT2D eigenvalue weighted by atomic mass is 9.94. The van der Waals surface area contributed by atoms with E-state index in [1.54, 1.807) is 36.1 Å². The lowest BCUT2D eigenvalue weighted by Crippen LogP contribution is -2.38. The maximum atomic E-state index is 13.6. The molecular weight excluding hydrogens is 586 g/mol. The Hall–Kier alpha value is -3.71. The van der Waals surface area contributed by atoms with Crippen LogP contribution < -0.4 is 20.5 Å².